The molecule has 0 aromatic carbocycles. The van der Waals surface area contributed by atoms with Gasteiger partial charge in [0.25, 0.3) is 5.91 Å². The monoisotopic (exact) mass is 399 g/mol. The lowest BCUT2D eigenvalue weighted by atomic mass is 10.1. The molecule has 3 rings (SSSR count). The van der Waals surface area contributed by atoms with Crippen LogP contribution in [0.4, 0.5) is 0 Å². The molecule has 1 aliphatic heterocycles. The Kier molecular flexibility index (Phi) is 5.90. The summed E-state index contributed by atoms with van der Waals surface area (Å²) in [5, 5.41) is 6.75. The zero-order valence-electron chi connectivity index (χ0n) is 13.9. The predicted octanol–water partition coefficient (Wildman–Crippen LogP) is 2.11. The van der Waals surface area contributed by atoms with E-state index in [0.717, 1.165) is 17.7 Å². The van der Waals surface area contributed by atoms with Gasteiger partial charge in [0.05, 0.1) is 0 Å². The number of nitrogens with zero attached hydrogens (tertiary/aromatic N) is 1. The highest BCUT2D eigenvalue weighted by Gasteiger charge is 2.29. The molecular weight excluding hydrogens is 378 g/mol. The first-order chi connectivity index (χ1) is 12.0. The molecule has 0 aliphatic carbocycles. The highest BCUT2D eigenvalue weighted by atomic mass is 32.2. The first-order valence-corrected chi connectivity index (χ1v) is 11.3. The third kappa shape index (κ3) is 4.29. The number of likely N-dealkylation sites (tertiary alicyclic amines) is 1. The van der Waals surface area contributed by atoms with Crippen molar-refractivity contribution in [2.75, 3.05) is 20.1 Å². The van der Waals surface area contributed by atoms with Gasteiger partial charge in [0.1, 0.15) is 9.77 Å². The molecule has 25 heavy (non-hydrogen) atoms. The molecule has 1 amide bonds. The van der Waals surface area contributed by atoms with Crippen LogP contribution in [0.15, 0.2) is 33.9 Å². The summed E-state index contributed by atoms with van der Waals surface area (Å²) in [6.45, 7) is 1.50. The summed E-state index contributed by atoms with van der Waals surface area (Å²) in [6.07, 6.45) is 1.94. The van der Waals surface area contributed by atoms with Gasteiger partial charge in [-0.05, 0) is 42.8 Å². The number of sulfonamides is 1. The van der Waals surface area contributed by atoms with Gasteiger partial charge >= 0.3 is 0 Å². The van der Waals surface area contributed by atoms with Gasteiger partial charge < -0.3 is 10.2 Å². The maximum atomic E-state index is 12.8. The Morgan fingerprint density at radius 2 is 2.16 bits per heavy atom. The van der Waals surface area contributed by atoms with Crippen LogP contribution in [0.3, 0.4) is 0 Å². The number of carbonyl (C=O) groups is 1. The van der Waals surface area contributed by atoms with Crippen molar-refractivity contribution >= 4 is 38.6 Å². The van der Waals surface area contributed by atoms with Gasteiger partial charge in [-0.1, -0.05) is 6.07 Å². The number of nitrogens with one attached hydrogen (secondary N) is 2. The van der Waals surface area contributed by atoms with Crippen LogP contribution in [0.1, 0.15) is 27.4 Å². The van der Waals surface area contributed by atoms with Crippen molar-refractivity contribution in [2.45, 2.75) is 30.3 Å². The lowest BCUT2D eigenvalue weighted by molar-refractivity contribution is 0.0699. The van der Waals surface area contributed by atoms with E-state index < -0.39 is 10.0 Å². The Morgan fingerprint density at radius 1 is 1.32 bits per heavy atom. The molecule has 2 aromatic heterocycles. The third-order valence-corrected chi connectivity index (χ3v) is 7.60. The number of likely N-dealkylation sites (N-methyl/N-ethyl adjacent to an activating group) is 1. The molecule has 0 saturated carbocycles. The molecule has 6 nitrogen and oxygen atoms in total. The molecule has 2 N–H and O–H groups in total. The lowest BCUT2D eigenvalue weighted by Gasteiger charge is -2.32. The normalized spacial score (nSPS) is 18.4. The number of thiophene rings is 2. The van der Waals surface area contributed by atoms with Crippen molar-refractivity contribution in [3.8, 4) is 0 Å². The van der Waals surface area contributed by atoms with Gasteiger partial charge in [0, 0.05) is 30.6 Å². The van der Waals surface area contributed by atoms with Crippen LogP contribution in [0.25, 0.3) is 0 Å². The topological polar surface area (TPSA) is 78.5 Å². The summed E-state index contributed by atoms with van der Waals surface area (Å²) in [5.41, 5.74) is 0. The van der Waals surface area contributed by atoms with Crippen molar-refractivity contribution in [3.05, 3.63) is 38.7 Å². The summed E-state index contributed by atoms with van der Waals surface area (Å²) in [5.74, 6) is -0.202. The zero-order valence-corrected chi connectivity index (χ0v) is 16.3. The van der Waals surface area contributed by atoms with E-state index in [-0.39, 0.29) is 28.3 Å². The second-order valence-electron chi connectivity index (χ2n) is 5.90. The van der Waals surface area contributed by atoms with Crippen molar-refractivity contribution in [3.63, 3.8) is 0 Å². The Bertz CT molecular complexity index is 815. The minimum atomic E-state index is -3.72. The van der Waals surface area contributed by atoms with Gasteiger partial charge in [-0.3, -0.25) is 4.79 Å². The van der Waals surface area contributed by atoms with E-state index in [2.05, 4.69) is 10.0 Å². The van der Waals surface area contributed by atoms with Gasteiger partial charge in [0.15, 0.2) is 0 Å². The Balaban J connectivity index is 1.76. The van der Waals surface area contributed by atoms with E-state index in [0.29, 0.717) is 13.1 Å². The van der Waals surface area contributed by atoms with E-state index in [1.165, 1.54) is 28.7 Å². The molecule has 0 radical (unpaired) electrons. The average Bonchev–Trinajstić information content (AvgIpc) is 3.31. The van der Waals surface area contributed by atoms with Crippen molar-refractivity contribution in [1.29, 1.82) is 0 Å². The van der Waals surface area contributed by atoms with Gasteiger partial charge in [-0.15, -0.1) is 22.7 Å². The van der Waals surface area contributed by atoms with Crippen LogP contribution in [-0.2, 0) is 16.6 Å². The number of carbonyl (C=O) groups excluding carboxylic acids is 1. The highest BCUT2D eigenvalue weighted by Crippen LogP contribution is 2.25. The molecule has 9 heteroatoms. The highest BCUT2D eigenvalue weighted by molar-refractivity contribution is 7.89. The van der Waals surface area contributed by atoms with E-state index in [1.54, 1.807) is 10.3 Å². The van der Waals surface area contributed by atoms with E-state index in [9.17, 15) is 13.2 Å². The summed E-state index contributed by atoms with van der Waals surface area (Å²) in [4.78, 5) is 15.9. The Labute approximate surface area is 155 Å². The standard InChI is InChI=1S/C16H21N3O3S3/c1-17-12-4-2-7-19(11-12)16(20)15-14(6-9-24-15)25(21,22)18-10-13-5-3-8-23-13/h3,5-6,8-9,12,17-18H,2,4,7,10-11H2,1H3. The second-order valence-corrected chi connectivity index (χ2v) is 9.58. The van der Waals surface area contributed by atoms with Crippen molar-refractivity contribution in [1.82, 2.24) is 14.9 Å². The van der Waals surface area contributed by atoms with Crippen LogP contribution in [-0.4, -0.2) is 45.4 Å². The van der Waals surface area contributed by atoms with Crippen LogP contribution in [0.2, 0.25) is 0 Å². The lowest BCUT2D eigenvalue weighted by Crippen LogP contribution is -2.47. The predicted molar refractivity (Wildman–Crippen MR) is 101 cm³/mol. The number of rotatable bonds is 6. The number of amides is 1. The summed E-state index contributed by atoms with van der Waals surface area (Å²) >= 11 is 2.67. The van der Waals surface area contributed by atoms with Crippen molar-refractivity contribution < 1.29 is 13.2 Å². The minimum absolute atomic E-state index is 0.0747. The van der Waals surface area contributed by atoms with Crippen LogP contribution >= 0.6 is 22.7 Å². The quantitative estimate of drug-likeness (QED) is 0.780. The largest absolute Gasteiger partial charge is 0.336 e. The van der Waals surface area contributed by atoms with Gasteiger partial charge in [-0.25, -0.2) is 13.1 Å². The smallest absolute Gasteiger partial charge is 0.265 e. The number of hydrogen-bond donors (Lipinski definition) is 2. The Hall–Kier alpha value is -1.26. The minimum Gasteiger partial charge on any atom is -0.336 e. The van der Waals surface area contributed by atoms with Crippen LogP contribution < -0.4 is 10.0 Å². The van der Waals surface area contributed by atoms with E-state index >= 15 is 0 Å². The van der Waals surface area contributed by atoms with E-state index in [4.69, 9.17) is 0 Å². The second kappa shape index (κ2) is 7.96. The maximum absolute atomic E-state index is 12.8. The first kappa shape index (κ1) is 18.5. The van der Waals surface area contributed by atoms with Gasteiger partial charge in [-0.2, -0.15) is 0 Å². The summed E-state index contributed by atoms with van der Waals surface area (Å²) < 4.78 is 27.9. The maximum Gasteiger partial charge on any atom is 0.265 e. The van der Waals surface area contributed by atoms with Gasteiger partial charge in [0.2, 0.25) is 10.0 Å². The molecule has 1 saturated heterocycles. The van der Waals surface area contributed by atoms with Crippen molar-refractivity contribution in [2.24, 2.45) is 0 Å². The molecule has 136 valence electrons. The summed E-state index contributed by atoms with van der Waals surface area (Å²) in [7, 11) is -1.84. The summed E-state index contributed by atoms with van der Waals surface area (Å²) in [6, 6.07) is 5.52. The molecule has 1 unspecified atom stereocenters. The molecule has 1 fully saturated rings. The van der Waals surface area contributed by atoms with Crippen LogP contribution in [0.5, 0.6) is 0 Å². The SMILES string of the molecule is CNC1CCCN(C(=O)c2sccc2S(=O)(=O)NCc2cccs2)C1. The molecule has 0 bridgehead atoms. The third-order valence-electron chi connectivity index (χ3n) is 4.25. The molecular formula is C16H21N3O3S3. The fourth-order valence-electron chi connectivity index (χ4n) is 2.86. The average molecular weight is 400 g/mol. The zero-order chi connectivity index (χ0) is 17.9. The molecule has 3 heterocycles. The molecule has 0 spiro atoms. The fourth-order valence-corrected chi connectivity index (χ4v) is 5.99. The fraction of sp³-hybridized carbons (Fsp3) is 0.438. The molecule has 2 aromatic rings. The first-order valence-electron chi connectivity index (χ1n) is 8.07. The Morgan fingerprint density at radius 3 is 2.88 bits per heavy atom. The number of piperidine rings is 1. The van der Waals surface area contributed by atoms with E-state index in [1.807, 2.05) is 24.6 Å². The van der Waals surface area contributed by atoms with Crippen LogP contribution in [0, 0.1) is 0 Å². The molecule has 1 atom stereocenters. The number of hydrogen-bond acceptors (Lipinski definition) is 6. The molecule has 1 aliphatic rings.